The van der Waals surface area contributed by atoms with Crippen LogP contribution in [-0.2, 0) is 0 Å². The summed E-state index contributed by atoms with van der Waals surface area (Å²) in [5, 5.41) is 4.89. The lowest BCUT2D eigenvalue weighted by atomic mass is 9.89. The Bertz CT molecular complexity index is 2670. The first-order chi connectivity index (χ1) is 23.8. The molecule has 10 rings (SSSR count). The summed E-state index contributed by atoms with van der Waals surface area (Å²) < 4.78 is 8.89. The minimum Gasteiger partial charge on any atom is -0.456 e. The van der Waals surface area contributed by atoms with E-state index in [4.69, 9.17) is 4.74 Å². The summed E-state index contributed by atoms with van der Waals surface area (Å²) in [7, 11) is 0. The van der Waals surface area contributed by atoms with Crippen molar-refractivity contribution in [2.45, 2.75) is 0 Å². The molecule has 48 heavy (non-hydrogen) atoms. The van der Waals surface area contributed by atoms with Gasteiger partial charge in [0.2, 0.25) is 0 Å². The molecule has 0 amide bonds. The van der Waals surface area contributed by atoms with Gasteiger partial charge in [-0.25, -0.2) is 0 Å². The lowest BCUT2D eigenvalue weighted by molar-refractivity contribution is 0.487. The van der Waals surface area contributed by atoms with Crippen LogP contribution in [0, 0.1) is 0 Å². The van der Waals surface area contributed by atoms with Crippen molar-refractivity contribution in [2.24, 2.45) is 0 Å². The van der Waals surface area contributed by atoms with E-state index in [0.717, 1.165) is 22.4 Å². The summed E-state index contributed by atoms with van der Waals surface area (Å²) in [6, 6.07) is 63.1. The summed E-state index contributed by atoms with van der Waals surface area (Å²) in [5.41, 5.74) is 13.1. The van der Waals surface area contributed by atoms with Crippen LogP contribution in [0.4, 0.5) is 0 Å². The summed E-state index contributed by atoms with van der Waals surface area (Å²) in [4.78, 5) is 0. The number of rotatable bonds is 4. The van der Waals surface area contributed by atoms with E-state index in [1.54, 1.807) is 0 Å². The molecule has 0 saturated carbocycles. The molecule has 0 N–H and O–H groups in total. The van der Waals surface area contributed by atoms with Crippen LogP contribution in [-0.4, -0.2) is 4.57 Å². The Labute approximate surface area is 278 Å². The predicted molar refractivity (Wildman–Crippen MR) is 200 cm³/mol. The molecule has 1 aliphatic heterocycles. The Morgan fingerprint density at radius 2 is 0.958 bits per heavy atom. The van der Waals surface area contributed by atoms with E-state index < -0.39 is 0 Å². The first-order valence-corrected chi connectivity index (χ1v) is 16.4. The van der Waals surface area contributed by atoms with E-state index in [9.17, 15) is 0 Å². The zero-order valence-electron chi connectivity index (χ0n) is 26.1. The summed E-state index contributed by atoms with van der Waals surface area (Å²) >= 11 is 0. The van der Waals surface area contributed by atoms with Crippen molar-refractivity contribution in [1.29, 1.82) is 0 Å². The Morgan fingerprint density at radius 1 is 0.333 bits per heavy atom. The molecule has 1 aromatic heterocycles. The van der Waals surface area contributed by atoms with Gasteiger partial charge >= 0.3 is 0 Å². The van der Waals surface area contributed by atoms with E-state index in [1.807, 2.05) is 0 Å². The van der Waals surface area contributed by atoms with Crippen molar-refractivity contribution in [3.63, 3.8) is 0 Å². The molecule has 2 heteroatoms. The Hall–Kier alpha value is -6.38. The highest BCUT2D eigenvalue weighted by Crippen LogP contribution is 2.49. The lowest BCUT2D eigenvalue weighted by Crippen LogP contribution is -1.98. The van der Waals surface area contributed by atoms with Crippen LogP contribution in [0.3, 0.4) is 0 Å². The van der Waals surface area contributed by atoms with E-state index in [0.29, 0.717) is 0 Å². The third kappa shape index (κ3) is 4.06. The van der Waals surface area contributed by atoms with Crippen LogP contribution in [0.1, 0.15) is 0 Å². The highest BCUT2D eigenvalue weighted by atomic mass is 16.5. The number of hydrogen-bond acceptors (Lipinski definition) is 1. The van der Waals surface area contributed by atoms with Gasteiger partial charge in [-0.1, -0.05) is 133 Å². The Balaban J connectivity index is 1.09. The Morgan fingerprint density at radius 3 is 1.79 bits per heavy atom. The Kier molecular flexibility index (Phi) is 5.91. The van der Waals surface area contributed by atoms with Crippen molar-refractivity contribution in [3.05, 3.63) is 176 Å². The van der Waals surface area contributed by atoms with E-state index in [2.05, 4.69) is 180 Å². The van der Waals surface area contributed by atoms with Gasteiger partial charge in [0.1, 0.15) is 11.5 Å². The third-order valence-electron chi connectivity index (χ3n) is 9.82. The number of hydrogen-bond donors (Lipinski definition) is 0. The summed E-state index contributed by atoms with van der Waals surface area (Å²) in [6.07, 6.45) is 0. The van der Waals surface area contributed by atoms with Crippen molar-refractivity contribution < 1.29 is 4.74 Å². The van der Waals surface area contributed by atoms with E-state index in [-0.39, 0.29) is 0 Å². The first-order valence-electron chi connectivity index (χ1n) is 16.4. The summed E-state index contributed by atoms with van der Waals surface area (Å²) in [6.45, 7) is 0. The van der Waals surface area contributed by atoms with Crippen LogP contribution in [0.15, 0.2) is 176 Å². The molecular formula is C46H29NO. The van der Waals surface area contributed by atoms with Crippen molar-refractivity contribution in [3.8, 4) is 61.7 Å². The number of para-hydroxylation sites is 2. The van der Waals surface area contributed by atoms with E-state index >= 15 is 0 Å². The number of ether oxygens (including phenoxy) is 1. The van der Waals surface area contributed by atoms with Gasteiger partial charge in [0.05, 0.1) is 11.0 Å². The summed E-state index contributed by atoms with van der Waals surface area (Å²) in [5.74, 6) is 1.80. The molecular weight excluding hydrogens is 583 g/mol. The normalized spacial score (nSPS) is 11.9. The van der Waals surface area contributed by atoms with Crippen molar-refractivity contribution >= 4 is 32.6 Å². The fraction of sp³-hybridized carbons (Fsp3) is 0. The number of benzene rings is 8. The molecule has 1 aliphatic rings. The standard InChI is InChI=1S/C46H29NO/c1-3-11-30(12-4-1)33-25-27-43-40(29-33)38-18-9-17-37-35(26-28-44(48-43)46(37)38)31-21-23-32(24-22-31)36-16-10-20-42-45(36)39-15-7-8-19-41(39)47(42)34-13-5-2-6-14-34/h1-29H. The van der Waals surface area contributed by atoms with Gasteiger partial charge in [-0.2, -0.15) is 0 Å². The fourth-order valence-electron chi connectivity index (χ4n) is 7.64. The van der Waals surface area contributed by atoms with Gasteiger partial charge in [0.25, 0.3) is 0 Å². The van der Waals surface area contributed by atoms with Crippen LogP contribution in [0.5, 0.6) is 11.5 Å². The molecule has 0 saturated heterocycles. The molecule has 2 nitrogen and oxygen atoms in total. The second-order valence-corrected chi connectivity index (χ2v) is 12.5. The largest absolute Gasteiger partial charge is 0.456 e. The average Bonchev–Trinajstić information content (AvgIpc) is 3.50. The lowest BCUT2D eigenvalue weighted by Gasteiger charge is -2.23. The minimum atomic E-state index is 0.898. The third-order valence-corrected chi connectivity index (χ3v) is 9.82. The van der Waals surface area contributed by atoms with Gasteiger partial charge in [0, 0.05) is 27.4 Å². The number of aromatic nitrogens is 1. The van der Waals surface area contributed by atoms with Crippen molar-refractivity contribution in [2.75, 3.05) is 0 Å². The molecule has 0 aliphatic carbocycles. The smallest absolute Gasteiger partial charge is 0.135 e. The van der Waals surface area contributed by atoms with Crippen LogP contribution < -0.4 is 4.74 Å². The zero-order valence-corrected chi connectivity index (χ0v) is 26.1. The van der Waals surface area contributed by atoms with Gasteiger partial charge in [0.15, 0.2) is 0 Å². The van der Waals surface area contributed by atoms with Gasteiger partial charge < -0.3 is 9.30 Å². The van der Waals surface area contributed by atoms with Crippen LogP contribution in [0.25, 0.3) is 82.8 Å². The van der Waals surface area contributed by atoms with Crippen LogP contribution >= 0.6 is 0 Å². The maximum atomic E-state index is 6.52. The average molecular weight is 612 g/mol. The molecule has 8 aromatic carbocycles. The molecule has 0 fully saturated rings. The van der Waals surface area contributed by atoms with E-state index in [1.165, 1.54) is 71.8 Å². The van der Waals surface area contributed by atoms with Gasteiger partial charge in [-0.05, 0) is 86.8 Å². The highest BCUT2D eigenvalue weighted by Gasteiger charge is 2.22. The molecule has 0 spiro atoms. The fourth-order valence-corrected chi connectivity index (χ4v) is 7.64. The number of fused-ring (bicyclic) bond motifs is 5. The maximum Gasteiger partial charge on any atom is 0.135 e. The second kappa shape index (κ2) is 10.6. The first kappa shape index (κ1) is 26.8. The van der Waals surface area contributed by atoms with Crippen molar-refractivity contribution in [1.82, 2.24) is 4.57 Å². The molecule has 224 valence electrons. The SMILES string of the molecule is c1ccc(-c2ccc3c(c2)-c2cccc4c(-c5ccc(-c6cccc7c6c6ccccc6n7-c6ccccc6)cc5)ccc(c24)O3)cc1. The minimum absolute atomic E-state index is 0.898. The molecule has 0 atom stereocenters. The molecule has 0 radical (unpaired) electrons. The molecule has 2 heterocycles. The van der Waals surface area contributed by atoms with Crippen LogP contribution in [0.2, 0.25) is 0 Å². The number of nitrogens with zero attached hydrogens (tertiary/aromatic N) is 1. The van der Waals surface area contributed by atoms with Gasteiger partial charge in [-0.15, -0.1) is 0 Å². The predicted octanol–water partition coefficient (Wildman–Crippen LogP) is 12.7. The molecule has 0 unspecified atom stereocenters. The monoisotopic (exact) mass is 611 g/mol. The zero-order chi connectivity index (χ0) is 31.6. The molecule has 0 bridgehead atoms. The molecule has 9 aromatic rings. The quantitative estimate of drug-likeness (QED) is 0.193. The second-order valence-electron chi connectivity index (χ2n) is 12.5. The van der Waals surface area contributed by atoms with Gasteiger partial charge in [-0.3, -0.25) is 0 Å². The topological polar surface area (TPSA) is 14.2 Å². The maximum absolute atomic E-state index is 6.52. The highest BCUT2D eigenvalue weighted by molar-refractivity contribution is 6.16.